The van der Waals surface area contributed by atoms with E-state index in [0.29, 0.717) is 0 Å². The van der Waals surface area contributed by atoms with Gasteiger partial charge in [0.1, 0.15) is 0 Å². The van der Waals surface area contributed by atoms with Gasteiger partial charge in [-0.05, 0) is 0 Å². The molecule has 1 amide bonds. The Kier molecular flexibility index (Phi) is 3.48. The summed E-state index contributed by atoms with van der Waals surface area (Å²) in [6, 6.07) is 0. The Morgan fingerprint density at radius 2 is 2.29 bits per heavy atom. The average molecular weight is 124 g/mol. The maximum atomic E-state index is 9.54. The van der Waals surface area contributed by atoms with Crippen LogP contribution in [0.5, 0.6) is 0 Å². The Labute approximate surface area is 42.5 Å². The Balaban J connectivity index is 2.97. The van der Waals surface area contributed by atoms with E-state index in [1.165, 1.54) is 0 Å². The monoisotopic (exact) mass is 124 g/mol. The maximum Gasteiger partial charge on any atom is 0.250 e. The molecule has 0 bridgehead atoms. The van der Waals surface area contributed by atoms with Crippen LogP contribution in [0.4, 0.5) is 0 Å². The summed E-state index contributed by atoms with van der Waals surface area (Å²) < 4.78 is 17.4. The highest BCUT2D eigenvalue weighted by Gasteiger charge is 1.81. The lowest BCUT2D eigenvalue weighted by atomic mass is 11.4. The second-order valence-electron chi connectivity index (χ2n) is 0.613. The highest BCUT2D eigenvalue weighted by Crippen LogP contribution is 1.49. The molecular weight excluding hydrogens is 120 g/mol. The number of carbonyl (C=O) groups is 1. The van der Waals surface area contributed by atoms with E-state index in [-0.39, 0.29) is 6.41 Å². The lowest BCUT2D eigenvalue weighted by Crippen LogP contribution is -2.31. The summed E-state index contributed by atoms with van der Waals surface area (Å²) in [7, 11) is 0. The van der Waals surface area contributed by atoms with Gasteiger partial charge in [-0.25, -0.2) is 4.21 Å². The van der Waals surface area contributed by atoms with Crippen LogP contribution in [0.15, 0.2) is 0 Å². The molecule has 1 atom stereocenters. The summed E-state index contributed by atoms with van der Waals surface area (Å²) in [5.41, 5.74) is 1.77. The van der Waals surface area contributed by atoms with Gasteiger partial charge in [-0.2, -0.15) is 0 Å². The summed E-state index contributed by atoms with van der Waals surface area (Å²) >= 11 is -2.16. The van der Waals surface area contributed by atoms with E-state index in [1.54, 1.807) is 10.3 Å². The number of nitrogens with one attached hydrogen (secondary N) is 2. The predicted molar refractivity (Wildman–Crippen MR) is 23.1 cm³/mol. The molecule has 5 nitrogen and oxygen atoms in total. The molecule has 42 valence electrons. The zero-order valence-electron chi connectivity index (χ0n) is 3.25. The summed E-state index contributed by atoms with van der Waals surface area (Å²) in [5.74, 6) is 0. The van der Waals surface area contributed by atoms with Gasteiger partial charge in [0, 0.05) is 0 Å². The van der Waals surface area contributed by atoms with Gasteiger partial charge in [-0.1, -0.05) is 0 Å². The Morgan fingerprint density at radius 3 is 2.43 bits per heavy atom. The lowest BCUT2D eigenvalue weighted by Gasteiger charge is -1.89. The first-order valence-electron chi connectivity index (χ1n) is 1.33. The summed E-state index contributed by atoms with van der Waals surface area (Å²) in [6.07, 6.45) is 0.258. The Bertz CT molecular complexity index is 83.0. The van der Waals surface area contributed by atoms with Crippen molar-refractivity contribution in [3.63, 3.8) is 0 Å². The van der Waals surface area contributed by atoms with Crippen LogP contribution in [0.25, 0.3) is 0 Å². The standard InChI is InChI=1S/CH4N2O3S/c4-1-2-3-7(5)6/h1,3H,(H,2,4)(H,5,6). The van der Waals surface area contributed by atoms with Crippen molar-refractivity contribution in [1.82, 2.24) is 10.3 Å². The van der Waals surface area contributed by atoms with Gasteiger partial charge in [0.15, 0.2) is 0 Å². The molecule has 0 radical (unpaired) electrons. The predicted octanol–water partition coefficient (Wildman–Crippen LogP) is -1.63. The van der Waals surface area contributed by atoms with Gasteiger partial charge in [-0.15, -0.1) is 4.83 Å². The van der Waals surface area contributed by atoms with Crippen molar-refractivity contribution in [3.8, 4) is 0 Å². The van der Waals surface area contributed by atoms with Crippen LogP contribution in [-0.2, 0) is 16.1 Å². The second kappa shape index (κ2) is 3.72. The van der Waals surface area contributed by atoms with Crippen LogP contribution in [0.2, 0.25) is 0 Å². The number of hydrazine groups is 1. The smallest absolute Gasteiger partial charge is 0.250 e. The minimum absolute atomic E-state index is 0.258. The van der Waals surface area contributed by atoms with E-state index in [1.807, 2.05) is 0 Å². The Morgan fingerprint density at radius 1 is 1.71 bits per heavy atom. The van der Waals surface area contributed by atoms with Crippen molar-refractivity contribution < 1.29 is 13.6 Å². The van der Waals surface area contributed by atoms with Gasteiger partial charge < -0.3 is 0 Å². The molecule has 0 saturated carbocycles. The fraction of sp³-hybridized carbons (Fsp3) is 0. The van der Waals surface area contributed by atoms with E-state index in [0.717, 1.165) is 0 Å². The second-order valence-corrected chi connectivity index (χ2v) is 1.32. The molecule has 3 N–H and O–H groups in total. The topological polar surface area (TPSA) is 78.4 Å². The molecule has 1 unspecified atom stereocenters. The summed E-state index contributed by atoms with van der Waals surface area (Å²) in [6.45, 7) is 0. The van der Waals surface area contributed by atoms with Crippen LogP contribution >= 0.6 is 0 Å². The molecule has 0 aromatic carbocycles. The first-order valence-corrected chi connectivity index (χ1v) is 2.43. The third-order valence-electron chi connectivity index (χ3n) is 0.205. The van der Waals surface area contributed by atoms with Crippen molar-refractivity contribution in [3.05, 3.63) is 0 Å². The van der Waals surface area contributed by atoms with Gasteiger partial charge in [0.2, 0.25) is 6.41 Å². The minimum Gasteiger partial charge on any atom is -0.293 e. The normalized spacial score (nSPS) is 12.7. The van der Waals surface area contributed by atoms with Crippen LogP contribution in [0.1, 0.15) is 0 Å². The van der Waals surface area contributed by atoms with Crippen molar-refractivity contribution >= 4 is 17.7 Å². The fourth-order valence-electron chi connectivity index (χ4n) is 0.0745. The zero-order valence-corrected chi connectivity index (χ0v) is 4.07. The molecule has 0 fully saturated rings. The molecule has 0 saturated heterocycles. The molecule has 0 aliphatic rings. The lowest BCUT2D eigenvalue weighted by molar-refractivity contribution is -0.109. The van der Waals surface area contributed by atoms with Crippen molar-refractivity contribution in [2.24, 2.45) is 0 Å². The van der Waals surface area contributed by atoms with E-state index in [9.17, 15) is 9.00 Å². The number of amides is 1. The van der Waals surface area contributed by atoms with Gasteiger partial charge in [0.05, 0.1) is 0 Å². The van der Waals surface area contributed by atoms with E-state index >= 15 is 0 Å². The molecule has 0 aromatic rings. The van der Waals surface area contributed by atoms with Gasteiger partial charge >= 0.3 is 0 Å². The van der Waals surface area contributed by atoms with E-state index < -0.39 is 11.3 Å². The van der Waals surface area contributed by atoms with Crippen molar-refractivity contribution in [1.29, 1.82) is 0 Å². The number of rotatable bonds is 3. The van der Waals surface area contributed by atoms with Crippen LogP contribution < -0.4 is 10.3 Å². The SMILES string of the molecule is O=CNNS(=O)O. The number of carbonyl (C=O) groups excluding carboxylic acids is 1. The van der Waals surface area contributed by atoms with E-state index in [2.05, 4.69) is 0 Å². The quantitative estimate of drug-likeness (QED) is 0.240. The molecule has 0 aliphatic carbocycles. The molecule has 0 rings (SSSR count). The maximum absolute atomic E-state index is 9.54. The highest BCUT2D eigenvalue weighted by molar-refractivity contribution is 7.77. The third kappa shape index (κ3) is 5.54. The van der Waals surface area contributed by atoms with Gasteiger partial charge in [-0.3, -0.25) is 14.8 Å². The van der Waals surface area contributed by atoms with Crippen LogP contribution in [0.3, 0.4) is 0 Å². The molecule has 7 heavy (non-hydrogen) atoms. The number of hydrogen-bond acceptors (Lipinski definition) is 2. The molecule has 0 aliphatic heterocycles. The first kappa shape index (κ1) is 6.54. The fourth-order valence-corrected chi connectivity index (χ4v) is 0.223. The summed E-state index contributed by atoms with van der Waals surface area (Å²) in [4.78, 5) is 11.0. The minimum atomic E-state index is -2.16. The van der Waals surface area contributed by atoms with Crippen LogP contribution in [0, 0.1) is 0 Å². The first-order chi connectivity index (χ1) is 3.27. The molecule has 6 heteroatoms. The highest BCUT2D eigenvalue weighted by atomic mass is 32.2. The molecular formula is CH4N2O3S. The van der Waals surface area contributed by atoms with Gasteiger partial charge in [0.25, 0.3) is 11.3 Å². The van der Waals surface area contributed by atoms with Crippen molar-refractivity contribution in [2.45, 2.75) is 0 Å². The van der Waals surface area contributed by atoms with Crippen molar-refractivity contribution in [2.75, 3.05) is 0 Å². The zero-order chi connectivity index (χ0) is 5.70. The third-order valence-corrected chi connectivity index (χ3v) is 0.498. The van der Waals surface area contributed by atoms with E-state index in [4.69, 9.17) is 4.55 Å². The van der Waals surface area contributed by atoms with Crippen LogP contribution in [-0.4, -0.2) is 15.2 Å². The Hall–Kier alpha value is -0.460. The average Bonchev–Trinajstić information content (AvgIpc) is 1.61. The molecule has 0 heterocycles. The summed E-state index contributed by atoms with van der Waals surface area (Å²) in [5, 5.41) is 0. The molecule has 0 aromatic heterocycles. The molecule has 0 spiro atoms. The largest absolute Gasteiger partial charge is 0.293 e. The number of hydrogen-bond donors (Lipinski definition) is 3.